The van der Waals surface area contributed by atoms with Crippen molar-refractivity contribution in [3.05, 3.63) is 6.42 Å². The van der Waals surface area contributed by atoms with Gasteiger partial charge in [0.25, 0.3) is 0 Å². The molecule has 0 fully saturated rings. The highest BCUT2D eigenvalue weighted by Gasteiger charge is 1.94. The van der Waals surface area contributed by atoms with Gasteiger partial charge in [-0.2, -0.15) is 0 Å². The summed E-state index contributed by atoms with van der Waals surface area (Å²) < 4.78 is 0. The van der Waals surface area contributed by atoms with Crippen LogP contribution in [0.3, 0.4) is 0 Å². The van der Waals surface area contributed by atoms with Gasteiger partial charge in [0, 0.05) is 6.42 Å². The SMILES string of the molecule is C[CH]CCC(=O)CN. The maximum Gasteiger partial charge on any atom is 0.146 e. The van der Waals surface area contributed by atoms with E-state index in [9.17, 15) is 4.79 Å². The van der Waals surface area contributed by atoms with Crippen LogP contribution in [-0.2, 0) is 4.79 Å². The molecule has 0 aliphatic carbocycles. The highest BCUT2D eigenvalue weighted by Crippen LogP contribution is 1.91. The van der Waals surface area contributed by atoms with Crippen LogP contribution in [-0.4, -0.2) is 12.3 Å². The summed E-state index contributed by atoms with van der Waals surface area (Å²) >= 11 is 0. The summed E-state index contributed by atoms with van der Waals surface area (Å²) in [5.74, 6) is 0.142. The molecule has 0 aliphatic heterocycles. The van der Waals surface area contributed by atoms with Crippen molar-refractivity contribution in [3.8, 4) is 0 Å². The van der Waals surface area contributed by atoms with Crippen LogP contribution in [0.5, 0.6) is 0 Å². The number of carbonyl (C=O) groups is 1. The fourth-order valence-electron chi connectivity index (χ4n) is 0.407. The highest BCUT2D eigenvalue weighted by molar-refractivity contribution is 5.80. The third kappa shape index (κ3) is 3.81. The van der Waals surface area contributed by atoms with E-state index in [2.05, 4.69) is 0 Å². The summed E-state index contributed by atoms with van der Waals surface area (Å²) in [6, 6.07) is 0. The summed E-state index contributed by atoms with van der Waals surface area (Å²) in [6.45, 7) is 2.12. The van der Waals surface area contributed by atoms with Crippen molar-refractivity contribution in [2.75, 3.05) is 6.54 Å². The van der Waals surface area contributed by atoms with Crippen LogP contribution in [0.25, 0.3) is 0 Å². The van der Waals surface area contributed by atoms with Crippen LogP contribution in [0, 0.1) is 6.42 Å². The number of ketones is 1. The number of hydrogen-bond acceptors (Lipinski definition) is 2. The van der Waals surface area contributed by atoms with Crippen LogP contribution in [0.4, 0.5) is 0 Å². The average molecular weight is 114 g/mol. The van der Waals surface area contributed by atoms with Gasteiger partial charge in [-0.05, 0) is 12.8 Å². The first-order valence-corrected chi connectivity index (χ1v) is 2.81. The van der Waals surface area contributed by atoms with Gasteiger partial charge in [0.1, 0.15) is 5.78 Å². The molecule has 8 heavy (non-hydrogen) atoms. The maximum atomic E-state index is 10.4. The van der Waals surface area contributed by atoms with Crippen LogP contribution < -0.4 is 5.73 Å². The third-order valence-electron chi connectivity index (χ3n) is 0.940. The predicted molar refractivity (Wildman–Crippen MR) is 33.3 cm³/mol. The van der Waals surface area contributed by atoms with E-state index in [1.165, 1.54) is 0 Å². The standard InChI is InChI=1S/C6H12NO/c1-2-3-4-6(8)5-7/h2H,3-5,7H2,1H3. The molecule has 0 aliphatic rings. The molecule has 1 radical (unpaired) electrons. The Bertz CT molecular complexity index is 70.9. The zero-order valence-electron chi connectivity index (χ0n) is 5.18. The minimum Gasteiger partial charge on any atom is -0.324 e. The van der Waals surface area contributed by atoms with E-state index in [1.807, 2.05) is 13.3 Å². The van der Waals surface area contributed by atoms with Gasteiger partial charge in [-0.25, -0.2) is 0 Å². The number of rotatable bonds is 4. The quantitative estimate of drug-likeness (QED) is 0.579. The Kier molecular flexibility index (Phi) is 4.56. The molecule has 0 bridgehead atoms. The molecule has 47 valence electrons. The molecule has 0 atom stereocenters. The molecule has 0 saturated heterocycles. The lowest BCUT2D eigenvalue weighted by atomic mass is 10.2. The molecule has 0 heterocycles. The second-order valence-electron chi connectivity index (χ2n) is 1.69. The average Bonchev–Trinajstić information content (AvgIpc) is 1.83. The zero-order valence-corrected chi connectivity index (χ0v) is 5.18. The predicted octanol–water partition coefficient (Wildman–Crippen LogP) is 0.519. The minimum atomic E-state index is 0.142. The van der Waals surface area contributed by atoms with E-state index in [4.69, 9.17) is 5.73 Å². The van der Waals surface area contributed by atoms with E-state index in [0.29, 0.717) is 6.42 Å². The molecule has 0 unspecified atom stereocenters. The minimum absolute atomic E-state index is 0.142. The highest BCUT2D eigenvalue weighted by atomic mass is 16.1. The van der Waals surface area contributed by atoms with Crippen molar-refractivity contribution in [2.24, 2.45) is 5.73 Å². The van der Waals surface area contributed by atoms with E-state index >= 15 is 0 Å². The lowest BCUT2D eigenvalue weighted by Gasteiger charge is -1.91. The smallest absolute Gasteiger partial charge is 0.146 e. The molecular formula is C6H12NO. The zero-order chi connectivity index (χ0) is 6.41. The molecule has 0 spiro atoms. The maximum absolute atomic E-state index is 10.4. The van der Waals surface area contributed by atoms with Crippen molar-refractivity contribution in [1.82, 2.24) is 0 Å². The lowest BCUT2D eigenvalue weighted by Crippen LogP contribution is -2.12. The summed E-state index contributed by atoms with van der Waals surface area (Å²) in [6.07, 6.45) is 3.43. The van der Waals surface area contributed by atoms with Gasteiger partial charge in [-0.3, -0.25) is 4.79 Å². The summed E-state index contributed by atoms with van der Waals surface area (Å²) in [5, 5.41) is 0. The Morgan fingerprint density at radius 1 is 1.75 bits per heavy atom. The van der Waals surface area contributed by atoms with Crippen LogP contribution in [0.15, 0.2) is 0 Å². The van der Waals surface area contributed by atoms with Crippen molar-refractivity contribution < 1.29 is 4.79 Å². The van der Waals surface area contributed by atoms with Crippen LogP contribution in [0.1, 0.15) is 19.8 Å². The topological polar surface area (TPSA) is 43.1 Å². The van der Waals surface area contributed by atoms with Gasteiger partial charge in [0.2, 0.25) is 0 Å². The van der Waals surface area contributed by atoms with E-state index in [-0.39, 0.29) is 12.3 Å². The molecule has 0 saturated carbocycles. The third-order valence-corrected chi connectivity index (χ3v) is 0.940. The van der Waals surface area contributed by atoms with Crippen LogP contribution in [0.2, 0.25) is 0 Å². The van der Waals surface area contributed by atoms with Crippen LogP contribution >= 0.6 is 0 Å². The van der Waals surface area contributed by atoms with Gasteiger partial charge < -0.3 is 5.73 Å². The Hall–Kier alpha value is -0.370. The van der Waals surface area contributed by atoms with Gasteiger partial charge in [-0.1, -0.05) is 6.92 Å². The monoisotopic (exact) mass is 114 g/mol. The molecule has 0 amide bonds. The fourth-order valence-corrected chi connectivity index (χ4v) is 0.407. The Morgan fingerprint density at radius 3 is 2.75 bits per heavy atom. The van der Waals surface area contributed by atoms with Crippen molar-refractivity contribution in [2.45, 2.75) is 19.8 Å². The largest absolute Gasteiger partial charge is 0.324 e. The summed E-state index contributed by atoms with van der Waals surface area (Å²) in [7, 11) is 0. The number of carbonyl (C=O) groups excluding carboxylic acids is 1. The van der Waals surface area contributed by atoms with Crippen molar-refractivity contribution in [3.63, 3.8) is 0 Å². The van der Waals surface area contributed by atoms with Crippen molar-refractivity contribution >= 4 is 5.78 Å². The van der Waals surface area contributed by atoms with Gasteiger partial charge in [0.05, 0.1) is 6.54 Å². The molecule has 0 aromatic heterocycles. The second kappa shape index (κ2) is 4.78. The number of Topliss-reactive ketones (excluding diaryl/α,β-unsaturated/α-hetero) is 1. The first-order chi connectivity index (χ1) is 3.81. The lowest BCUT2D eigenvalue weighted by molar-refractivity contribution is -0.117. The molecule has 0 aromatic carbocycles. The first kappa shape index (κ1) is 7.63. The molecule has 0 rings (SSSR count). The Balaban J connectivity index is 2.99. The summed E-state index contributed by atoms with van der Waals surface area (Å²) in [5.41, 5.74) is 5.05. The number of nitrogens with two attached hydrogens (primary N) is 1. The normalized spacial score (nSPS) is 9.25. The summed E-state index contributed by atoms with van der Waals surface area (Å²) in [4.78, 5) is 10.4. The van der Waals surface area contributed by atoms with Crippen molar-refractivity contribution in [1.29, 1.82) is 0 Å². The van der Waals surface area contributed by atoms with E-state index in [0.717, 1.165) is 6.42 Å². The molecular weight excluding hydrogens is 102 g/mol. The molecule has 2 heteroatoms. The fraction of sp³-hybridized carbons (Fsp3) is 0.667. The van der Waals surface area contributed by atoms with Gasteiger partial charge in [0.15, 0.2) is 0 Å². The Labute approximate surface area is 50.1 Å². The van der Waals surface area contributed by atoms with E-state index in [1.54, 1.807) is 0 Å². The second-order valence-corrected chi connectivity index (χ2v) is 1.69. The van der Waals surface area contributed by atoms with Gasteiger partial charge in [-0.15, -0.1) is 0 Å². The van der Waals surface area contributed by atoms with E-state index < -0.39 is 0 Å². The molecule has 0 aromatic rings. The first-order valence-electron chi connectivity index (χ1n) is 2.81. The number of unbranched alkanes of at least 4 members (excludes halogenated alkanes) is 1. The molecule has 2 nitrogen and oxygen atoms in total. The van der Waals surface area contributed by atoms with Gasteiger partial charge >= 0.3 is 0 Å². The number of hydrogen-bond donors (Lipinski definition) is 1. The Morgan fingerprint density at radius 2 is 2.38 bits per heavy atom. The molecule has 2 N–H and O–H groups in total.